The number of hydrogen-bond acceptors (Lipinski definition) is 6. The van der Waals surface area contributed by atoms with Crippen molar-refractivity contribution in [3.8, 4) is 17.2 Å². The first-order chi connectivity index (χ1) is 22.7. The van der Waals surface area contributed by atoms with E-state index in [1.807, 2.05) is 63.3 Å². The molecule has 0 bridgehead atoms. The lowest BCUT2D eigenvalue weighted by atomic mass is 9.57. The number of aromatic nitrogens is 1. The fourth-order valence-corrected chi connectivity index (χ4v) is 8.95. The molecule has 0 saturated heterocycles. The Morgan fingerprint density at radius 1 is 1.00 bits per heavy atom. The lowest BCUT2D eigenvalue weighted by molar-refractivity contribution is -0.138. The number of fused-ring (bicyclic) bond motifs is 3. The van der Waals surface area contributed by atoms with Gasteiger partial charge in [-0.1, -0.05) is 55.3 Å². The Labute approximate surface area is 284 Å². The third-order valence-corrected chi connectivity index (χ3v) is 12.2. The van der Waals surface area contributed by atoms with E-state index in [1.165, 1.54) is 3.97 Å². The maximum Gasteiger partial charge on any atom is 0.268 e. The summed E-state index contributed by atoms with van der Waals surface area (Å²) in [6.07, 6.45) is 10.2. The van der Waals surface area contributed by atoms with Gasteiger partial charge in [-0.25, -0.2) is 12.4 Å². The topological polar surface area (TPSA) is 87.0 Å². The molecule has 3 aromatic carbocycles. The van der Waals surface area contributed by atoms with Crippen molar-refractivity contribution >= 4 is 33.1 Å². The lowest BCUT2D eigenvalue weighted by Gasteiger charge is -2.55. The van der Waals surface area contributed by atoms with E-state index in [1.54, 1.807) is 32.5 Å². The first-order valence-corrected chi connectivity index (χ1v) is 18.1. The highest BCUT2D eigenvalue weighted by Gasteiger charge is 2.54. The van der Waals surface area contributed by atoms with E-state index in [9.17, 15) is 13.5 Å². The zero-order valence-corrected chi connectivity index (χ0v) is 30.1. The molecule has 1 fully saturated rings. The fraction of sp³-hybridized carbons (Fsp3) is 0.400. The average molecular weight is 670 g/mol. The van der Waals surface area contributed by atoms with Gasteiger partial charge in [0.05, 0.1) is 30.7 Å². The molecule has 0 amide bonds. The molecule has 2 aliphatic rings. The maximum atomic E-state index is 14.0. The summed E-state index contributed by atoms with van der Waals surface area (Å²) in [4.78, 5) is 0.229. The van der Waals surface area contributed by atoms with Gasteiger partial charge in [-0.05, 0) is 117 Å². The van der Waals surface area contributed by atoms with Crippen LogP contribution < -0.4 is 14.2 Å². The minimum atomic E-state index is -3.89. The largest absolute Gasteiger partial charge is 0.496 e. The molecular weight excluding hydrogens is 623 g/mol. The van der Waals surface area contributed by atoms with Crippen molar-refractivity contribution in [3.63, 3.8) is 0 Å². The van der Waals surface area contributed by atoms with Gasteiger partial charge in [0.1, 0.15) is 11.4 Å². The fourth-order valence-electron chi connectivity index (χ4n) is 7.58. The molecule has 6 rings (SSSR count). The number of aryl methyl sites for hydroxylation is 1. The highest BCUT2D eigenvalue weighted by atomic mass is 32.2. The SMILES string of the molecule is COc1cc(/C=C/c2cc(OC)c3c(CC=C(C)C)cn(S(=O)(=O)c4ccc(C)cc4)c3c2)cc2c1O[C@]1(C)CC[C@@H](O)C(C)(C)[C@H]1C2. The monoisotopic (exact) mass is 669 g/mol. The minimum absolute atomic E-state index is 0.139. The predicted molar refractivity (Wildman–Crippen MR) is 193 cm³/mol. The van der Waals surface area contributed by atoms with Crippen LogP contribution in [0, 0.1) is 18.3 Å². The van der Waals surface area contributed by atoms with Crippen molar-refractivity contribution in [2.45, 2.75) is 83.8 Å². The highest BCUT2D eigenvalue weighted by molar-refractivity contribution is 7.90. The van der Waals surface area contributed by atoms with Crippen LogP contribution >= 0.6 is 0 Å². The van der Waals surface area contributed by atoms with Gasteiger partial charge in [-0.15, -0.1) is 0 Å². The summed E-state index contributed by atoms with van der Waals surface area (Å²) in [5.74, 6) is 2.19. The molecule has 3 atom stereocenters. The normalized spacial score (nSPS) is 21.8. The Morgan fingerprint density at radius 3 is 2.29 bits per heavy atom. The Bertz CT molecular complexity index is 2030. The first-order valence-electron chi connectivity index (χ1n) is 16.6. The van der Waals surface area contributed by atoms with Gasteiger partial charge in [0, 0.05) is 17.5 Å². The van der Waals surface area contributed by atoms with E-state index in [0.717, 1.165) is 57.4 Å². The van der Waals surface area contributed by atoms with Crippen molar-refractivity contribution in [2.75, 3.05) is 14.2 Å². The van der Waals surface area contributed by atoms with Crippen LogP contribution in [0.2, 0.25) is 0 Å². The maximum absolute atomic E-state index is 14.0. The van der Waals surface area contributed by atoms with E-state index in [0.29, 0.717) is 29.9 Å². The van der Waals surface area contributed by atoms with Crippen molar-refractivity contribution in [1.82, 2.24) is 3.97 Å². The molecule has 0 radical (unpaired) electrons. The van der Waals surface area contributed by atoms with Gasteiger partial charge in [-0.2, -0.15) is 0 Å². The number of methoxy groups -OCH3 is 2. The van der Waals surface area contributed by atoms with Crippen LogP contribution in [0.3, 0.4) is 0 Å². The van der Waals surface area contributed by atoms with Crippen LogP contribution in [0.25, 0.3) is 23.1 Å². The van der Waals surface area contributed by atoms with Crippen LogP contribution in [-0.2, 0) is 22.9 Å². The smallest absolute Gasteiger partial charge is 0.268 e. The predicted octanol–water partition coefficient (Wildman–Crippen LogP) is 8.37. The molecule has 1 aliphatic heterocycles. The molecule has 254 valence electrons. The van der Waals surface area contributed by atoms with E-state index in [4.69, 9.17) is 14.2 Å². The van der Waals surface area contributed by atoms with Gasteiger partial charge >= 0.3 is 0 Å². The summed E-state index contributed by atoms with van der Waals surface area (Å²) in [5.41, 5.74) is 5.66. The third kappa shape index (κ3) is 5.94. The second-order valence-corrected chi connectivity index (χ2v) is 16.3. The van der Waals surface area contributed by atoms with Crippen LogP contribution in [0.15, 0.2) is 71.3 Å². The van der Waals surface area contributed by atoms with Crippen molar-refractivity contribution in [3.05, 3.63) is 94.2 Å². The molecule has 1 saturated carbocycles. The quantitative estimate of drug-likeness (QED) is 0.150. The van der Waals surface area contributed by atoms with E-state index in [-0.39, 0.29) is 27.9 Å². The average Bonchev–Trinajstić information content (AvgIpc) is 3.43. The molecule has 48 heavy (non-hydrogen) atoms. The van der Waals surface area contributed by atoms with Crippen LogP contribution in [-0.4, -0.2) is 43.4 Å². The summed E-state index contributed by atoms with van der Waals surface area (Å²) in [6, 6.07) is 14.9. The molecule has 1 aromatic heterocycles. The molecule has 1 N–H and O–H groups in total. The number of rotatable bonds is 8. The van der Waals surface area contributed by atoms with Crippen molar-refractivity contribution in [2.24, 2.45) is 11.3 Å². The second-order valence-electron chi connectivity index (χ2n) is 14.5. The molecule has 8 heteroatoms. The first kappa shape index (κ1) is 33.9. The highest BCUT2D eigenvalue weighted by Crippen LogP contribution is 2.55. The summed E-state index contributed by atoms with van der Waals surface area (Å²) >= 11 is 0. The number of allylic oxidation sites excluding steroid dienone is 2. The van der Waals surface area contributed by atoms with E-state index < -0.39 is 10.0 Å². The van der Waals surface area contributed by atoms with Gasteiger partial charge in [-0.3, -0.25) is 0 Å². The molecule has 0 unspecified atom stereocenters. The summed E-state index contributed by atoms with van der Waals surface area (Å²) < 4.78 is 47.9. The molecule has 7 nitrogen and oxygen atoms in total. The number of benzene rings is 3. The molecule has 1 aliphatic carbocycles. The standard InChI is InChI=1S/C40H47NO6S/c1-25(2)9-14-29-24-41(48(43,44)31-15-10-26(3)11-16-31)32-20-28(21-33(45-7)37(29)32)13-12-27-19-30-23-35-39(4,5)36(42)17-18-40(35,6)47-38(30)34(22-27)46-8/h9-13,15-16,19-22,24,35-36,42H,14,17-18,23H2,1-8H3/b13-12+/t35-,36-,40-/m1/s1. The van der Waals surface area contributed by atoms with Gasteiger partial charge in [0.15, 0.2) is 11.5 Å². The number of aliphatic hydroxyl groups excluding tert-OH is 1. The Kier molecular flexibility index (Phi) is 8.79. The Hall–Kier alpha value is -4.01. The zero-order chi connectivity index (χ0) is 34.6. The number of hydrogen-bond donors (Lipinski definition) is 1. The molecule has 4 aromatic rings. The van der Waals surface area contributed by atoms with Crippen LogP contribution in [0.4, 0.5) is 0 Å². The number of nitrogens with zero attached hydrogens (tertiary/aromatic N) is 1. The summed E-state index contributed by atoms with van der Waals surface area (Å²) in [5, 5.41) is 11.7. The van der Waals surface area contributed by atoms with Crippen molar-refractivity contribution < 1.29 is 27.7 Å². The zero-order valence-electron chi connectivity index (χ0n) is 29.3. The van der Waals surface area contributed by atoms with Gasteiger partial charge in [0.25, 0.3) is 10.0 Å². The Morgan fingerprint density at radius 2 is 1.65 bits per heavy atom. The van der Waals surface area contributed by atoms with Crippen LogP contribution in [0.1, 0.15) is 75.3 Å². The van der Waals surface area contributed by atoms with Gasteiger partial charge in [0.2, 0.25) is 0 Å². The number of aliphatic hydroxyl groups is 1. The third-order valence-electron chi connectivity index (χ3n) is 10.5. The number of ether oxygens (including phenoxy) is 3. The molecule has 0 spiro atoms. The van der Waals surface area contributed by atoms with E-state index in [2.05, 4.69) is 32.9 Å². The summed E-state index contributed by atoms with van der Waals surface area (Å²) in [6.45, 7) is 12.4. The molecule has 2 heterocycles. The van der Waals surface area contributed by atoms with E-state index >= 15 is 0 Å². The van der Waals surface area contributed by atoms with Crippen LogP contribution in [0.5, 0.6) is 17.2 Å². The van der Waals surface area contributed by atoms with Gasteiger partial charge < -0.3 is 19.3 Å². The molecular formula is C40H47NO6S. The lowest BCUT2D eigenvalue weighted by Crippen LogP contribution is -2.58. The Balaban J connectivity index is 1.44. The summed E-state index contributed by atoms with van der Waals surface area (Å²) in [7, 11) is -0.616. The minimum Gasteiger partial charge on any atom is -0.496 e. The second kappa shape index (κ2) is 12.5. The van der Waals surface area contributed by atoms with Crippen molar-refractivity contribution in [1.29, 1.82) is 0 Å².